The fourth-order valence-corrected chi connectivity index (χ4v) is 1.86. The zero-order valence-electron chi connectivity index (χ0n) is 7.57. The molecule has 1 unspecified atom stereocenters. The molecule has 84 valence electrons. The van der Waals surface area contributed by atoms with Crippen molar-refractivity contribution in [2.45, 2.75) is 18.7 Å². The second-order valence-corrected chi connectivity index (χ2v) is 4.58. The van der Waals surface area contributed by atoms with Gasteiger partial charge in [-0.2, -0.15) is 13.2 Å². The van der Waals surface area contributed by atoms with Crippen LogP contribution in [0.25, 0.3) is 0 Å². The Morgan fingerprint density at radius 3 is 2.20 bits per heavy atom. The molecule has 0 spiro atoms. The second kappa shape index (κ2) is 3.96. The third-order valence-corrected chi connectivity index (χ3v) is 2.65. The Balaban J connectivity index is 3.27. The van der Waals surface area contributed by atoms with Crippen LogP contribution in [-0.4, -0.2) is 11.3 Å². The standard InChI is InChI=1S/C9H7BrClF3O/c1-8(15,9(12,13)14)5-2-6(10)4-7(11)3-5/h2-4,15H,1H3. The van der Waals surface area contributed by atoms with Crippen LogP contribution in [0.15, 0.2) is 22.7 Å². The summed E-state index contributed by atoms with van der Waals surface area (Å²) in [4.78, 5) is 0. The maximum absolute atomic E-state index is 12.5. The summed E-state index contributed by atoms with van der Waals surface area (Å²) in [6.07, 6.45) is -4.74. The monoisotopic (exact) mass is 302 g/mol. The first kappa shape index (κ1) is 12.8. The molecule has 0 heterocycles. The van der Waals surface area contributed by atoms with Gasteiger partial charge in [-0.25, -0.2) is 0 Å². The van der Waals surface area contributed by atoms with Crippen LogP contribution in [0.4, 0.5) is 13.2 Å². The van der Waals surface area contributed by atoms with Crippen LogP contribution in [0.1, 0.15) is 12.5 Å². The van der Waals surface area contributed by atoms with E-state index in [1.54, 1.807) is 0 Å². The van der Waals surface area contributed by atoms with Gasteiger partial charge in [0.25, 0.3) is 0 Å². The summed E-state index contributed by atoms with van der Waals surface area (Å²) in [7, 11) is 0. The Hall–Kier alpha value is -0.260. The third-order valence-electron chi connectivity index (χ3n) is 1.98. The van der Waals surface area contributed by atoms with Crippen LogP contribution in [0, 0.1) is 0 Å². The highest BCUT2D eigenvalue weighted by Crippen LogP contribution is 2.40. The molecular weight excluding hydrogens is 296 g/mol. The topological polar surface area (TPSA) is 20.2 Å². The Kier molecular flexibility index (Phi) is 3.38. The van der Waals surface area contributed by atoms with E-state index in [1.807, 2.05) is 0 Å². The first-order chi connectivity index (χ1) is 6.64. The minimum absolute atomic E-state index is 0.129. The van der Waals surface area contributed by atoms with Crippen molar-refractivity contribution in [2.24, 2.45) is 0 Å². The highest BCUT2D eigenvalue weighted by molar-refractivity contribution is 9.10. The van der Waals surface area contributed by atoms with E-state index < -0.39 is 11.8 Å². The average molecular weight is 304 g/mol. The number of halogens is 5. The number of hydrogen-bond donors (Lipinski definition) is 1. The molecule has 1 aromatic rings. The van der Waals surface area contributed by atoms with E-state index in [1.165, 1.54) is 12.1 Å². The zero-order valence-corrected chi connectivity index (χ0v) is 9.91. The van der Waals surface area contributed by atoms with Gasteiger partial charge >= 0.3 is 6.18 Å². The van der Waals surface area contributed by atoms with E-state index in [0.717, 1.165) is 6.07 Å². The molecule has 6 heteroatoms. The fourth-order valence-electron chi connectivity index (χ4n) is 0.999. The molecule has 1 nitrogen and oxygen atoms in total. The molecule has 1 atom stereocenters. The Labute approximate surface area is 98.0 Å². The normalized spacial score (nSPS) is 16.2. The van der Waals surface area contributed by atoms with E-state index in [4.69, 9.17) is 11.6 Å². The Morgan fingerprint density at radius 1 is 1.27 bits per heavy atom. The van der Waals surface area contributed by atoms with Gasteiger partial charge in [-0.3, -0.25) is 0 Å². The summed E-state index contributed by atoms with van der Waals surface area (Å²) in [5.41, 5.74) is -3.20. The zero-order chi connectivity index (χ0) is 11.9. The molecule has 0 aliphatic carbocycles. The van der Waals surface area contributed by atoms with Gasteiger partial charge in [0.15, 0.2) is 5.60 Å². The molecule has 1 N–H and O–H groups in total. The van der Waals surface area contributed by atoms with Crippen molar-refractivity contribution in [1.82, 2.24) is 0 Å². The predicted octanol–water partition coefficient (Wildman–Crippen LogP) is 3.87. The molecule has 1 rings (SSSR count). The SMILES string of the molecule is CC(O)(c1cc(Cl)cc(Br)c1)C(F)(F)F. The number of benzene rings is 1. The lowest BCUT2D eigenvalue weighted by molar-refractivity contribution is -0.258. The summed E-state index contributed by atoms with van der Waals surface area (Å²) >= 11 is 8.61. The minimum Gasteiger partial charge on any atom is -0.376 e. The van der Waals surface area contributed by atoms with E-state index in [-0.39, 0.29) is 10.6 Å². The smallest absolute Gasteiger partial charge is 0.376 e. The van der Waals surface area contributed by atoms with Crippen LogP contribution in [0.3, 0.4) is 0 Å². The van der Waals surface area contributed by atoms with Crippen LogP contribution >= 0.6 is 27.5 Å². The number of hydrogen-bond acceptors (Lipinski definition) is 1. The van der Waals surface area contributed by atoms with Gasteiger partial charge in [0.1, 0.15) is 0 Å². The Morgan fingerprint density at radius 2 is 1.80 bits per heavy atom. The van der Waals surface area contributed by atoms with Gasteiger partial charge in [-0.15, -0.1) is 0 Å². The molecule has 15 heavy (non-hydrogen) atoms. The number of rotatable bonds is 1. The molecule has 0 amide bonds. The first-order valence-corrected chi connectivity index (χ1v) is 5.07. The summed E-state index contributed by atoms with van der Waals surface area (Å²) < 4.78 is 37.8. The fraction of sp³-hybridized carbons (Fsp3) is 0.333. The van der Waals surface area contributed by atoms with Crippen LogP contribution < -0.4 is 0 Å². The van der Waals surface area contributed by atoms with E-state index >= 15 is 0 Å². The molecule has 0 aliphatic rings. The number of aliphatic hydroxyl groups is 1. The van der Waals surface area contributed by atoms with Gasteiger partial charge in [0, 0.05) is 9.50 Å². The van der Waals surface area contributed by atoms with Crippen molar-refractivity contribution in [1.29, 1.82) is 0 Å². The lowest BCUT2D eigenvalue weighted by Crippen LogP contribution is -2.39. The summed E-state index contributed by atoms with van der Waals surface area (Å²) in [5, 5.41) is 9.50. The van der Waals surface area contributed by atoms with Gasteiger partial charge in [-0.1, -0.05) is 27.5 Å². The van der Waals surface area contributed by atoms with Crippen LogP contribution in [0.2, 0.25) is 5.02 Å². The first-order valence-electron chi connectivity index (χ1n) is 3.90. The van der Waals surface area contributed by atoms with Crippen molar-refractivity contribution in [2.75, 3.05) is 0 Å². The molecule has 0 bridgehead atoms. The van der Waals surface area contributed by atoms with Gasteiger partial charge < -0.3 is 5.11 Å². The largest absolute Gasteiger partial charge is 0.421 e. The molecule has 0 saturated heterocycles. The summed E-state index contributed by atoms with van der Waals surface area (Å²) in [6, 6.07) is 3.71. The quantitative estimate of drug-likeness (QED) is 0.835. The molecule has 0 aliphatic heterocycles. The molecule has 0 aromatic heterocycles. The summed E-state index contributed by atoms with van der Waals surface area (Å²) in [6.45, 7) is 0.686. The maximum atomic E-state index is 12.5. The van der Waals surface area contributed by atoms with Gasteiger partial charge in [-0.05, 0) is 30.7 Å². The van der Waals surface area contributed by atoms with E-state index in [0.29, 0.717) is 11.4 Å². The van der Waals surface area contributed by atoms with E-state index in [2.05, 4.69) is 15.9 Å². The predicted molar refractivity (Wildman–Crippen MR) is 54.8 cm³/mol. The van der Waals surface area contributed by atoms with Crippen LogP contribution in [0.5, 0.6) is 0 Å². The molecular formula is C9H7BrClF3O. The minimum atomic E-state index is -4.74. The van der Waals surface area contributed by atoms with Gasteiger partial charge in [0.05, 0.1) is 0 Å². The van der Waals surface area contributed by atoms with Gasteiger partial charge in [0.2, 0.25) is 0 Å². The van der Waals surface area contributed by atoms with Crippen molar-refractivity contribution in [3.8, 4) is 0 Å². The van der Waals surface area contributed by atoms with E-state index in [9.17, 15) is 18.3 Å². The van der Waals surface area contributed by atoms with Crippen molar-refractivity contribution < 1.29 is 18.3 Å². The lowest BCUT2D eigenvalue weighted by atomic mass is 9.96. The lowest BCUT2D eigenvalue weighted by Gasteiger charge is -2.26. The average Bonchev–Trinajstić information content (AvgIpc) is 1.99. The van der Waals surface area contributed by atoms with Crippen molar-refractivity contribution in [3.05, 3.63) is 33.3 Å². The number of alkyl halides is 3. The highest BCUT2D eigenvalue weighted by atomic mass is 79.9. The molecule has 0 radical (unpaired) electrons. The van der Waals surface area contributed by atoms with Crippen molar-refractivity contribution >= 4 is 27.5 Å². The summed E-state index contributed by atoms with van der Waals surface area (Å²) in [5.74, 6) is 0. The van der Waals surface area contributed by atoms with Crippen LogP contribution in [-0.2, 0) is 5.60 Å². The highest BCUT2D eigenvalue weighted by Gasteiger charge is 2.51. The second-order valence-electron chi connectivity index (χ2n) is 3.23. The molecule has 1 aromatic carbocycles. The third kappa shape index (κ3) is 2.65. The molecule has 0 saturated carbocycles. The Bertz CT molecular complexity index is 356. The van der Waals surface area contributed by atoms with Crippen molar-refractivity contribution in [3.63, 3.8) is 0 Å². The molecule has 0 fully saturated rings. The maximum Gasteiger partial charge on any atom is 0.421 e.